The van der Waals surface area contributed by atoms with Crippen LogP contribution in [0.3, 0.4) is 0 Å². The zero-order valence-electron chi connectivity index (χ0n) is 10.8. The molecule has 21 heavy (non-hydrogen) atoms. The Balaban J connectivity index is 2.22. The minimum Gasteiger partial charge on any atom is -0.360 e. The van der Waals surface area contributed by atoms with Gasteiger partial charge in [-0.05, 0) is 23.8 Å². The Labute approximate surface area is 120 Å². The summed E-state index contributed by atoms with van der Waals surface area (Å²) in [7, 11) is 0. The van der Waals surface area contributed by atoms with Crippen molar-refractivity contribution in [2.75, 3.05) is 5.32 Å². The van der Waals surface area contributed by atoms with Gasteiger partial charge in [0, 0.05) is 12.7 Å². The summed E-state index contributed by atoms with van der Waals surface area (Å²) in [6.07, 6.45) is 1.34. The largest absolute Gasteiger partial charge is 0.360 e. The topological polar surface area (TPSA) is 116 Å². The molecule has 2 aromatic rings. The molecule has 0 radical (unpaired) electrons. The van der Waals surface area contributed by atoms with Gasteiger partial charge in [-0.1, -0.05) is 12.1 Å². The van der Waals surface area contributed by atoms with Crippen LogP contribution in [0.2, 0.25) is 0 Å². The average molecular weight is 279 g/mol. The molecular formula is C14H9N5O2. The van der Waals surface area contributed by atoms with Crippen molar-refractivity contribution >= 4 is 11.5 Å². The van der Waals surface area contributed by atoms with Gasteiger partial charge < -0.3 is 5.32 Å². The fraction of sp³-hybridized carbons (Fsp3) is 0.0714. The summed E-state index contributed by atoms with van der Waals surface area (Å²) in [5.41, 5.74) is 0.993. The molecule has 7 nitrogen and oxygen atoms in total. The third kappa shape index (κ3) is 3.11. The Morgan fingerprint density at radius 1 is 1.19 bits per heavy atom. The lowest BCUT2D eigenvalue weighted by Crippen LogP contribution is -2.06. The van der Waals surface area contributed by atoms with E-state index in [-0.39, 0.29) is 17.1 Å². The zero-order chi connectivity index (χ0) is 15.2. The highest BCUT2D eigenvalue weighted by Crippen LogP contribution is 2.26. The summed E-state index contributed by atoms with van der Waals surface area (Å²) in [5.74, 6) is 0.0448. The van der Waals surface area contributed by atoms with Gasteiger partial charge in [-0.3, -0.25) is 10.1 Å². The van der Waals surface area contributed by atoms with Crippen LogP contribution in [0.15, 0.2) is 36.5 Å². The van der Waals surface area contributed by atoms with Gasteiger partial charge in [-0.15, -0.1) is 0 Å². The number of aromatic nitrogens is 1. The second-order valence-electron chi connectivity index (χ2n) is 4.09. The fourth-order valence-electron chi connectivity index (χ4n) is 1.74. The lowest BCUT2D eigenvalue weighted by atomic mass is 10.1. The Kier molecular flexibility index (Phi) is 4.08. The number of rotatable bonds is 4. The van der Waals surface area contributed by atoms with Crippen LogP contribution in [0.5, 0.6) is 0 Å². The lowest BCUT2D eigenvalue weighted by Gasteiger charge is -2.06. The standard InChI is InChI=1S/C14H9N5O2/c15-7-10-1-3-11(4-2-10)9-18-14-13(19(20)21)12(8-16)5-6-17-14/h1-6H,9H2,(H,17,18). The van der Waals surface area contributed by atoms with E-state index in [0.717, 1.165) is 5.56 Å². The Bertz CT molecular complexity index is 756. The molecule has 0 saturated carbocycles. The number of nitro groups is 1. The van der Waals surface area contributed by atoms with E-state index in [9.17, 15) is 10.1 Å². The first-order chi connectivity index (χ1) is 10.2. The van der Waals surface area contributed by atoms with Crippen LogP contribution in [-0.4, -0.2) is 9.91 Å². The minimum atomic E-state index is -0.632. The van der Waals surface area contributed by atoms with E-state index >= 15 is 0 Å². The van der Waals surface area contributed by atoms with E-state index in [0.29, 0.717) is 12.1 Å². The van der Waals surface area contributed by atoms with Crippen molar-refractivity contribution in [1.29, 1.82) is 10.5 Å². The number of nitrogens with one attached hydrogen (secondary N) is 1. The van der Waals surface area contributed by atoms with E-state index in [2.05, 4.69) is 10.3 Å². The van der Waals surface area contributed by atoms with Crippen LogP contribution in [0.1, 0.15) is 16.7 Å². The first kappa shape index (κ1) is 14.0. The third-order valence-corrected chi connectivity index (χ3v) is 2.77. The van der Waals surface area contributed by atoms with E-state index in [1.807, 2.05) is 6.07 Å². The molecule has 0 fully saturated rings. The molecule has 0 spiro atoms. The molecule has 7 heteroatoms. The molecule has 0 bridgehead atoms. The van der Waals surface area contributed by atoms with Gasteiger partial charge in [-0.2, -0.15) is 10.5 Å². The van der Waals surface area contributed by atoms with Crippen molar-refractivity contribution in [2.45, 2.75) is 6.54 Å². The molecule has 102 valence electrons. The van der Waals surface area contributed by atoms with Gasteiger partial charge >= 0.3 is 5.69 Å². The summed E-state index contributed by atoms with van der Waals surface area (Å²) < 4.78 is 0. The highest BCUT2D eigenvalue weighted by Gasteiger charge is 2.20. The molecule has 0 aliphatic rings. The first-order valence-corrected chi connectivity index (χ1v) is 5.92. The van der Waals surface area contributed by atoms with Gasteiger partial charge in [0.15, 0.2) is 0 Å². The quantitative estimate of drug-likeness (QED) is 0.678. The van der Waals surface area contributed by atoms with Crippen LogP contribution in [0, 0.1) is 32.8 Å². The second-order valence-corrected chi connectivity index (χ2v) is 4.09. The molecule has 0 saturated heterocycles. The molecule has 2 rings (SSSR count). The van der Waals surface area contributed by atoms with Gasteiger partial charge in [0.2, 0.25) is 5.82 Å². The van der Waals surface area contributed by atoms with E-state index < -0.39 is 4.92 Å². The fourth-order valence-corrected chi connectivity index (χ4v) is 1.74. The molecule has 0 aliphatic carbocycles. The van der Waals surface area contributed by atoms with Crippen LogP contribution >= 0.6 is 0 Å². The van der Waals surface area contributed by atoms with Crippen molar-refractivity contribution in [3.05, 3.63) is 63.3 Å². The Morgan fingerprint density at radius 2 is 1.90 bits per heavy atom. The van der Waals surface area contributed by atoms with E-state index in [4.69, 9.17) is 10.5 Å². The van der Waals surface area contributed by atoms with Gasteiger partial charge in [0.05, 0.1) is 16.6 Å². The molecular weight excluding hydrogens is 270 g/mol. The van der Waals surface area contributed by atoms with Crippen molar-refractivity contribution < 1.29 is 4.92 Å². The molecule has 1 heterocycles. The molecule has 1 aromatic heterocycles. The third-order valence-electron chi connectivity index (χ3n) is 2.77. The molecule has 0 unspecified atom stereocenters. The Morgan fingerprint density at radius 3 is 2.48 bits per heavy atom. The van der Waals surface area contributed by atoms with Crippen LogP contribution in [0.25, 0.3) is 0 Å². The normalized spacial score (nSPS) is 9.43. The number of hydrogen-bond donors (Lipinski definition) is 1. The number of hydrogen-bond acceptors (Lipinski definition) is 6. The van der Waals surface area contributed by atoms with Gasteiger partial charge in [0.1, 0.15) is 11.6 Å². The molecule has 1 N–H and O–H groups in total. The van der Waals surface area contributed by atoms with E-state index in [1.165, 1.54) is 12.3 Å². The highest BCUT2D eigenvalue weighted by molar-refractivity contribution is 5.64. The van der Waals surface area contributed by atoms with Crippen molar-refractivity contribution in [3.8, 4) is 12.1 Å². The number of anilines is 1. The van der Waals surface area contributed by atoms with E-state index in [1.54, 1.807) is 30.3 Å². The van der Waals surface area contributed by atoms with Crippen LogP contribution in [0.4, 0.5) is 11.5 Å². The van der Waals surface area contributed by atoms with Crippen molar-refractivity contribution in [2.24, 2.45) is 0 Å². The summed E-state index contributed by atoms with van der Waals surface area (Å²) in [6, 6.07) is 11.9. The van der Waals surface area contributed by atoms with Crippen LogP contribution in [-0.2, 0) is 6.54 Å². The van der Waals surface area contributed by atoms with Crippen molar-refractivity contribution in [1.82, 2.24) is 4.98 Å². The summed E-state index contributed by atoms with van der Waals surface area (Å²) >= 11 is 0. The summed E-state index contributed by atoms with van der Waals surface area (Å²) in [6.45, 7) is 0.300. The number of nitriles is 2. The molecule has 0 atom stereocenters. The summed E-state index contributed by atoms with van der Waals surface area (Å²) in [4.78, 5) is 14.3. The minimum absolute atomic E-state index is 0.0441. The maximum Gasteiger partial charge on any atom is 0.328 e. The average Bonchev–Trinajstić information content (AvgIpc) is 2.52. The first-order valence-electron chi connectivity index (χ1n) is 5.92. The molecule has 0 aliphatic heterocycles. The smallest absolute Gasteiger partial charge is 0.328 e. The monoisotopic (exact) mass is 279 g/mol. The van der Waals surface area contributed by atoms with Gasteiger partial charge in [-0.25, -0.2) is 4.98 Å². The van der Waals surface area contributed by atoms with Crippen molar-refractivity contribution in [3.63, 3.8) is 0 Å². The molecule has 1 aromatic carbocycles. The maximum atomic E-state index is 11.0. The Hall–Kier alpha value is -3.45. The molecule has 0 amide bonds. The maximum absolute atomic E-state index is 11.0. The summed E-state index contributed by atoms with van der Waals surface area (Å²) in [5, 5.41) is 31.5. The second kappa shape index (κ2) is 6.13. The zero-order valence-corrected chi connectivity index (χ0v) is 10.8. The highest BCUT2D eigenvalue weighted by atomic mass is 16.6. The predicted molar refractivity (Wildman–Crippen MR) is 74.1 cm³/mol. The van der Waals surface area contributed by atoms with Crippen LogP contribution < -0.4 is 5.32 Å². The predicted octanol–water partition coefficient (Wildman–Crippen LogP) is 2.35. The number of nitrogens with zero attached hydrogens (tertiary/aromatic N) is 4. The lowest BCUT2D eigenvalue weighted by molar-refractivity contribution is -0.384. The van der Waals surface area contributed by atoms with Gasteiger partial charge in [0.25, 0.3) is 0 Å². The SMILES string of the molecule is N#Cc1ccc(CNc2nccc(C#N)c2[N+](=O)[O-])cc1. The number of benzene rings is 1. The number of pyridine rings is 1.